The van der Waals surface area contributed by atoms with Crippen molar-refractivity contribution in [2.24, 2.45) is 0 Å². The summed E-state index contributed by atoms with van der Waals surface area (Å²) in [5.74, 6) is 0.223. The Morgan fingerprint density at radius 2 is 2.37 bits per heavy atom. The molecule has 0 aliphatic carbocycles. The molecule has 0 bridgehead atoms. The SMILES string of the molecule is CC[C@]1(N2Cc3c(csc3N)O2)CCC(=O)NC1=O. The Morgan fingerprint density at radius 1 is 1.58 bits per heavy atom. The van der Waals surface area contributed by atoms with E-state index in [-0.39, 0.29) is 11.8 Å². The zero-order valence-corrected chi connectivity index (χ0v) is 11.4. The zero-order valence-electron chi connectivity index (χ0n) is 10.6. The van der Waals surface area contributed by atoms with Crippen molar-refractivity contribution in [3.05, 3.63) is 10.9 Å². The minimum absolute atomic E-state index is 0.220. The molecule has 102 valence electrons. The second-order valence-electron chi connectivity index (χ2n) is 4.83. The molecule has 1 atom stereocenters. The summed E-state index contributed by atoms with van der Waals surface area (Å²) in [4.78, 5) is 29.3. The molecule has 2 aliphatic rings. The molecule has 19 heavy (non-hydrogen) atoms. The third-order valence-electron chi connectivity index (χ3n) is 3.90. The van der Waals surface area contributed by atoms with Crippen LogP contribution in [0.3, 0.4) is 0 Å². The number of amides is 2. The van der Waals surface area contributed by atoms with Crippen molar-refractivity contribution in [3.63, 3.8) is 0 Å². The predicted octanol–water partition coefficient (Wildman–Crippen LogP) is 1.03. The molecule has 0 unspecified atom stereocenters. The van der Waals surface area contributed by atoms with Crippen molar-refractivity contribution in [1.82, 2.24) is 10.4 Å². The first-order valence-electron chi connectivity index (χ1n) is 6.22. The molecule has 1 aromatic rings. The van der Waals surface area contributed by atoms with Gasteiger partial charge in [0, 0.05) is 17.4 Å². The molecule has 0 spiro atoms. The van der Waals surface area contributed by atoms with Crippen molar-refractivity contribution in [1.29, 1.82) is 0 Å². The largest absolute Gasteiger partial charge is 0.403 e. The van der Waals surface area contributed by atoms with Crippen LogP contribution >= 0.6 is 11.3 Å². The number of nitrogens with one attached hydrogen (secondary N) is 1. The van der Waals surface area contributed by atoms with Gasteiger partial charge in [0.15, 0.2) is 5.75 Å². The molecule has 2 amide bonds. The number of nitrogen functional groups attached to an aromatic ring is 1. The van der Waals surface area contributed by atoms with Crippen LogP contribution in [0.5, 0.6) is 5.75 Å². The number of carbonyl (C=O) groups is 2. The number of nitrogens with zero attached hydrogens (tertiary/aromatic N) is 1. The van der Waals surface area contributed by atoms with Gasteiger partial charge in [-0.05, 0) is 12.8 Å². The van der Waals surface area contributed by atoms with Gasteiger partial charge in [0.2, 0.25) is 11.8 Å². The molecule has 1 saturated heterocycles. The average Bonchev–Trinajstić information content (AvgIpc) is 2.94. The van der Waals surface area contributed by atoms with Gasteiger partial charge in [-0.15, -0.1) is 16.4 Å². The lowest BCUT2D eigenvalue weighted by atomic mass is 9.85. The van der Waals surface area contributed by atoms with Crippen LogP contribution in [0.1, 0.15) is 31.7 Å². The van der Waals surface area contributed by atoms with Crippen molar-refractivity contribution in [2.75, 3.05) is 5.73 Å². The molecule has 1 aromatic heterocycles. The number of hydroxylamine groups is 2. The van der Waals surface area contributed by atoms with Gasteiger partial charge >= 0.3 is 0 Å². The fourth-order valence-electron chi connectivity index (χ4n) is 2.64. The minimum atomic E-state index is -0.781. The fourth-order valence-corrected chi connectivity index (χ4v) is 3.36. The van der Waals surface area contributed by atoms with Gasteiger partial charge in [-0.1, -0.05) is 6.92 Å². The van der Waals surface area contributed by atoms with E-state index < -0.39 is 5.54 Å². The Morgan fingerprint density at radius 3 is 3.00 bits per heavy atom. The molecule has 7 heteroatoms. The van der Waals surface area contributed by atoms with E-state index in [0.717, 1.165) is 16.3 Å². The van der Waals surface area contributed by atoms with E-state index in [9.17, 15) is 9.59 Å². The van der Waals surface area contributed by atoms with Crippen LogP contribution in [0.4, 0.5) is 5.00 Å². The lowest BCUT2D eigenvalue weighted by Gasteiger charge is -2.40. The molecule has 3 N–H and O–H groups in total. The Hall–Kier alpha value is -1.60. The Kier molecular flexibility index (Phi) is 2.75. The Labute approximate surface area is 114 Å². The Bertz CT molecular complexity index is 556. The van der Waals surface area contributed by atoms with Crippen LogP contribution in [0.15, 0.2) is 5.38 Å². The summed E-state index contributed by atoms with van der Waals surface area (Å²) in [6.07, 6.45) is 1.39. The van der Waals surface area contributed by atoms with Crippen molar-refractivity contribution >= 4 is 28.2 Å². The smallest absolute Gasteiger partial charge is 0.250 e. The van der Waals surface area contributed by atoms with Crippen LogP contribution in [-0.2, 0) is 16.1 Å². The van der Waals surface area contributed by atoms with Gasteiger partial charge in [0.1, 0.15) is 5.54 Å². The minimum Gasteiger partial charge on any atom is -0.403 e. The lowest BCUT2D eigenvalue weighted by Crippen LogP contribution is -2.62. The number of thiophene rings is 1. The van der Waals surface area contributed by atoms with E-state index in [1.54, 1.807) is 5.06 Å². The number of nitrogens with two attached hydrogens (primary N) is 1. The van der Waals surface area contributed by atoms with Gasteiger partial charge in [-0.25, -0.2) is 0 Å². The number of hydrogen-bond donors (Lipinski definition) is 2. The highest BCUT2D eigenvalue weighted by Gasteiger charge is 2.50. The van der Waals surface area contributed by atoms with Crippen LogP contribution in [-0.4, -0.2) is 22.4 Å². The van der Waals surface area contributed by atoms with E-state index in [2.05, 4.69) is 5.32 Å². The molecule has 6 nitrogen and oxygen atoms in total. The molecule has 0 aromatic carbocycles. The van der Waals surface area contributed by atoms with E-state index in [4.69, 9.17) is 10.6 Å². The Balaban J connectivity index is 1.89. The van der Waals surface area contributed by atoms with Crippen molar-refractivity contribution in [2.45, 2.75) is 38.3 Å². The van der Waals surface area contributed by atoms with E-state index in [1.807, 2.05) is 12.3 Å². The van der Waals surface area contributed by atoms with Crippen LogP contribution in [0.25, 0.3) is 0 Å². The van der Waals surface area contributed by atoms with Crippen molar-refractivity contribution in [3.8, 4) is 5.75 Å². The summed E-state index contributed by atoms with van der Waals surface area (Å²) in [6, 6.07) is 0. The highest BCUT2D eigenvalue weighted by Crippen LogP contribution is 2.42. The van der Waals surface area contributed by atoms with Gasteiger partial charge in [0.25, 0.3) is 0 Å². The number of carbonyl (C=O) groups excluding carboxylic acids is 2. The summed E-state index contributed by atoms with van der Waals surface area (Å²) in [7, 11) is 0. The molecular formula is C12H15N3O3S. The molecule has 1 fully saturated rings. The third kappa shape index (κ3) is 1.73. The number of piperidine rings is 1. The number of anilines is 1. The highest BCUT2D eigenvalue weighted by molar-refractivity contribution is 7.14. The van der Waals surface area contributed by atoms with E-state index >= 15 is 0 Å². The zero-order chi connectivity index (χ0) is 13.6. The summed E-state index contributed by atoms with van der Waals surface area (Å²) in [5, 5.41) is 6.64. The van der Waals surface area contributed by atoms with Crippen LogP contribution < -0.4 is 15.9 Å². The first kappa shape index (κ1) is 12.4. The monoisotopic (exact) mass is 281 g/mol. The van der Waals surface area contributed by atoms with Crippen LogP contribution in [0.2, 0.25) is 0 Å². The summed E-state index contributed by atoms with van der Waals surface area (Å²) in [6.45, 7) is 2.41. The van der Waals surface area contributed by atoms with Gasteiger partial charge < -0.3 is 10.6 Å². The van der Waals surface area contributed by atoms with Crippen molar-refractivity contribution < 1.29 is 14.4 Å². The summed E-state index contributed by atoms with van der Waals surface area (Å²) in [5.41, 5.74) is 6.03. The molecule has 0 radical (unpaired) electrons. The maximum atomic E-state index is 12.2. The van der Waals surface area contributed by atoms with Gasteiger partial charge in [-0.3, -0.25) is 14.9 Å². The molecule has 0 saturated carbocycles. The fraction of sp³-hybridized carbons (Fsp3) is 0.500. The summed E-state index contributed by atoms with van der Waals surface area (Å²) >= 11 is 1.43. The average molecular weight is 281 g/mol. The number of rotatable bonds is 2. The standard InChI is InChI=1S/C12H15N3O3S/c1-2-12(4-3-9(16)14-11(12)17)15-5-7-8(18-15)6-19-10(7)13/h6H,2-5,13H2,1H3,(H,14,16,17)/t12-/m0/s1. The second kappa shape index (κ2) is 4.21. The predicted molar refractivity (Wildman–Crippen MR) is 70.3 cm³/mol. The van der Waals surface area contributed by atoms with E-state index in [0.29, 0.717) is 25.8 Å². The van der Waals surface area contributed by atoms with Crippen LogP contribution in [0, 0.1) is 0 Å². The normalized spacial score (nSPS) is 27.0. The van der Waals surface area contributed by atoms with E-state index in [1.165, 1.54) is 11.3 Å². The summed E-state index contributed by atoms with van der Waals surface area (Å²) < 4.78 is 0. The quantitative estimate of drug-likeness (QED) is 0.791. The molecule has 2 aliphatic heterocycles. The topological polar surface area (TPSA) is 84.7 Å². The molecule has 3 rings (SSSR count). The number of hydrogen-bond acceptors (Lipinski definition) is 6. The third-order valence-corrected chi connectivity index (χ3v) is 4.73. The first-order valence-corrected chi connectivity index (χ1v) is 7.10. The maximum absolute atomic E-state index is 12.2. The molecular weight excluding hydrogens is 266 g/mol. The maximum Gasteiger partial charge on any atom is 0.250 e. The highest BCUT2D eigenvalue weighted by atomic mass is 32.1. The first-order chi connectivity index (χ1) is 9.06. The number of imide groups is 1. The number of fused-ring (bicyclic) bond motifs is 1. The second-order valence-corrected chi connectivity index (χ2v) is 5.74. The van der Waals surface area contributed by atoms with Gasteiger partial charge in [-0.2, -0.15) is 0 Å². The van der Waals surface area contributed by atoms with Gasteiger partial charge in [0.05, 0.1) is 11.5 Å². The molecule has 3 heterocycles. The lowest BCUT2D eigenvalue weighted by molar-refractivity contribution is -0.173.